The first-order valence-electron chi connectivity index (χ1n) is 8.09. The van der Waals surface area contributed by atoms with Gasteiger partial charge in [-0.3, -0.25) is 4.57 Å². The second-order valence-corrected chi connectivity index (χ2v) is 5.40. The Morgan fingerprint density at radius 2 is 1.68 bits per heavy atom. The number of imidazole rings is 2. The van der Waals surface area contributed by atoms with E-state index in [-0.39, 0.29) is 0 Å². The van der Waals surface area contributed by atoms with Crippen LogP contribution in [0.1, 0.15) is 11.6 Å². The Balaban J connectivity index is 0.000000330. The van der Waals surface area contributed by atoms with Gasteiger partial charge in [0.2, 0.25) is 0 Å². The molecule has 9 nitrogen and oxygen atoms in total. The van der Waals surface area contributed by atoms with Crippen LogP contribution in [0.15, 0.2) is 61.1 Å². The predicted octanol–water partition coefficient (Wildman–Crippen LogP) is 2.47. The van der Waals surface area contributed by atoms with Gasteiger partial charge in [0.15, 0.2) is 0 Å². The number of aliphatic carboxylic acids is 2. The molecule has 4 rings (SSSR count). The molecule has 0 aliphatic heterocycles. The number of aromatic nitrogens is 5. The zero-order valence-corrected chi connectivity index (χ0v) is 14.4. The van der Waals surface area contributed by atoms with Gasteiger partial charge in [0.25, 0.3) is 0 Å². The maximum Gasteiger partial charge on any atom is 0.414 e. The monoisotopic (exact) mass is 377 g/mol. The van der Waals surface area contributed by atoms with Crippen molar-refractivity contribution in [2.45, 2.75) is 0 Å². The van der Waals surface area contributed by atoms with E-state index in [4.69, 9.17) is 19.8 Å². The van der Waals surface area contributed by atoms with Crippen molar-refractivity contribution in [2.75, 3.05) is 0 Å². The van der Waals surface area contributed by atoms with E-state index >= 15 is 0 Å². The van der Waals surface area contributed by atoms with Gasteiger partial charge in [-0.1, -0.05) is 18.2 Å². The standard InChI is InChI=1S/C17H13N5.C2H2O4/c1-2-6-14-13(5-1)21-17(9-8-15-18-11-12-19-15)22(14)16-7-3-4-10-20-16;3-1(4)2(5)6/h1-12H,(H,18,19);(H,3,4)(H,5,6)/b9-8+;. The highest BCUT2D eigenvalue weighted by Gasteiger charge is 2.10. The number of nitrogens with zero attached hydrogens (tertiary/aromatic N) is 4. The Labute approximate surface area is 158 Å². The summed E-state index contributed by atoms with van der Waals surface area (Å²) in [5.41, 5.74) is 1.97. The van der Waals surface area contributed by atoms with E-state index in [0.717, 1.165) is 28.5 Å². The average molecular weight is 377 g/mol. The lowest BCUT2D eigenvalue weighted by atomic mass is 10.3. The van der Waals surface area contributed by atoms with Crippen molar-refractivity contribution in [3.63, 3.8) is 0 Å². The molecule has 0 saturated carbocycles. The normalized spacial score (nSPS) is 10.6. The molecule has 0 saturated heterocycles. The molecule has 0 aliphatic carbocycles. The molecule has 0 atom stereocenters. The van der Waals surface area contributed by atoms with E-state index in [0.29, 0.717) is 0 Å². The number of rotatable bonds is 3. The average Bonchev–Trinajstić information content (AvgIpc) is 3.34. The van der Waals surface area contributed by atoms with Crippen molar-refractivity contribution in [3.8, 4) is 5.82 Å². The summed E-state index contributed by atoms with van der Waals surface area (Å²) in [7, 11) is 0. The maximum absolute atomic E-state index is 9.10. The van der Waals surface area contributed by atoms with Crippen LogP contribution in [0.4, 0.5) is 0 Å². The highest BCUT2D eigenvalue weighted by molar-refractivity contribution is 6.27. The number of para-hydroxylation sites is 2. The molecule has 140 valence electrons. The predicted molar refractivity (Wildman–Crippen MR) is 102 cm³/mol. The first kappa shape index (κ1) is 18.5. The van der Waals surface area contributed by atoms with E-state index < -0.39 is 11.9 Å². The van der Waals surface area contributed by atoms with Crippen LogP contribution in [-0.2, 0) is 9.59 Å². The van der Waals surface area contributed by atoms with Crippen molar-refractivity contribution in [3.05, 3.63) is 72.7 Å². The number of carboxylic acids is 2. The third kappa shape index (κ3) is 4.28. The van der Waals surface area contributed by atoms with Crippen LogP contribution in [0.3, 0.4) is 0 Å². The summed E-state index contributed by atoms with van der Waals surface area (Å²) < 4.78 is 2.04. The molecule has 0 fully saturated rings. The summed E-state index contributed by atoms with van der Waals surface area (Å²) in [5.74, 6) is -1.20. The maximum atomic E-state index is 9.10. The summed E-state index contributed by atoms with van der Waals surface area (Å²) in [6.07, 6.45) is 9.14. The number of hydrogen-bond acceptors (Lipinski definition) is 5. The van der Waals surface area contributed by atoms with Gasteiger partial charge < -0.3 is 15.2 Å². The Bertz CT molecular complexity index is 1110. The van der Waals surface area contributed by atoms with Gasteiger partial charge >= 0.3 is 11.9 Å². The first-order chi connectivity index (χ1) is 13.6. The molecule has 0 bridgehead atoms. The van der Waals surface area contributed by atoms with Gasteiger partial charge in [-0.05, 0) is 36.4 Å². The lowest BCUT2D eigenvalue weighted by Gasteiger charge is -2.05. The number of benzene rings is 1. The van der Waals surface area contributed by atoms with E-state index in [9.17, 15) is 0 Å². The van der Waals surface area contributed by atoms with E-state index in [2.05, 4.69) is 19.9 Å². The van der Waals surface area contributed by atoms with Gasteiger partial charge in [0.1, 0.15) is 17.5 Å². The van der Waals surface area contributed by atoms with Crippen LogP contribution >= 0.6 is 0 Å². The summed E-state index contributed by atoms with van der Waals surface area (Å²) >= 11 is 0. The van der Waals surface area contributed by atoms with Crippen LogP contribution < -0.4 is 0 Å². The van der Waals surface area contributed by atoms with Crippen LogP contribution in [-0.4, -0.2) is 46.7 Å². The van der Waals surface area contributed by atoms with Crippen molar-refractivity contribution in [2.24, 2.45) is 0 Å². The van der Waals surface area contributed by atoms with E-state index in [1.807, 2.05) is 59.2 Å². The number of fused-ring (bicyclic) bond motifs is 1. The van der Waals surface area contributed by atoms with E-state index in [1.165, 1.54) is 0 Å². The summed E-state index contributed by atoms with van der Waals surface area (Å²) in [6.45, 7) is 0. The second-order valence-electron chi connectivity index (χ2n) is 5.40. The van der Waals surface area contributed by atoms with Crippen LogP contribution in [0, 0.1) is 0 Å². The number of nitrogens with one attached hydrogen (secondary N) is 1. The Kier molecular flexibility index (Phi) is 5.56. The quantitative estimate of drug-likeness (QED) is 0.467. The molecule has 0 amide bonds. The number of H-pyrrole nitrogens is 1. The van der Waals surface area contributed by atoms with Crippen molar-refractivity contribution < 1.29 is 19.8 Å². The Morgan fingerprint density at radius 1 is 0.929 bits per heavy atom. The first-order valence-corrected chi connectivity index (χ1v) is 8.09. The molecule has 0 unspecified atom stereocenters. The third-order valence-corrected chi connectivity index (χ3v) is 3.56. The second kappa shape index (κ2) is 8.41. The molecule has 0 spiro atoms. The molecule has 3 heterocycles. The number of carboxylic acid groups (broad SMARTS) is 2. The lowest BCUT2D eigenvalue weighted by molar-refractivity contribution is -0.159. The minimum atomic E-state index is -1.82. The smallest absolute Gasteiger partial charge is 0.414 e. The Hall–Kier alpha value is -4.27. The van der Waals surface area contributed by atoms with Gasteiger partial charge in [0.05, 0.1) is 11.0 Å². The number of aromatic amines is 1. The van der Waals surface area contributed by atoms with Crippen molar-refractivity contribution >= 4 is 35.1 Å². The summed E-state index contributed by atoms with van der Waals surface area (Å²) in [6, 6.07) is 13.9. The minimum Gasteiger partial charge on any atom is -0.473 e. The zero-order valence-electron chi connectivity index (χ0n) is 14.4. The van der Waals surface area contributed by atoms with Crippen LogP contribution in [0.2, 0.25) is 0 Å². The molecule has 3 N–H and O–H groups in total. The molecule has 9 heteroatoms. The Morgan fingerprint density at radius 3 is 2.32 bits per heavy atom. The zero-order chi connectivity index (χ0) is 19.9. The fourth-order valence-corrected chi connectivity index (χ4v) is 2.41. The molecule has 28 heavy (non-hydrogen) atoms. The van der Waals surface area contributed by atoms with Crippen LogP contribution in [0.5, 0.6) is 0 Å². The molecule has 4 aromatic rings. The fourth-order valence-electron chi connectivity index (χ4n) is 2.41. The minimum absolute atomic E-state index is 0.791. The highest BCUT2D eigenvalue weighted by atomic mass is 16.4. The number of pyridine rings is 1. The number of carbonyl (C=O) groups is 2. The van der Waals surface area contributed by atoms with Crippen LogP contribution in [0.25, 0.3) is 29.0 Å². The highest BCUT2D eigenvalue weighted by Crippen LogP contribution is 2.21. The van der Waals surface area contributed by atoms with Gasteiger partial charge in [-0.15, -0.1) is 0 Å². The molecular weight excluding hydrogens is 362 g/mol. The fraction of sp³-hybridized carbons (Fsp3) is 0. The van der Waals surface area contributed by atoms with Crippen molar-refractivity contribution in [1.82, 2.24) is 24.5 Å². The summed E-state index contributed by atoms with van der Waals surface area (Å²) in [5, 5.41) is 14.8. The largest absolute Gasteiger partial charge is 0.473 e. The molecule has 1 aromatic carbocycles. The SMILES string of the molecule is C(=C\c1nc2ccccc2n1-c1ccccn1)/c1ncc[nH]1.O=C(O)C(=O)O. The summed E-state index contributed by atoms with van der Waals surface area (Å²) in [4.78, 5) is 34.6. The topological polar surface area (TPSA) is 134 Å². The molecule has 0 aliphatic rings. The van der Waals surface area contributed by atoms with Gasteiger partial charge in [0, 0.05) is 18.6 Å². The lowest BCUT2D eigenvalue weighted by Crippen LogP contribution is -2.09. The third-order valence-electron chi connectivity index (χ3n) is 3.56. The van der Waals surface area contributed by atoms with Crippen molar-refractivity contribution in [1.29, 1.82) is 0 Å². The van der Waals surface area contributed by atoms with Gasteiger partial charge in [-0.2, -0.15) is 0 Å². The molecule has 3 aromatic heterocycles. The van der Waals surface area contributed by atoms with Gasteiger partial charge in [-0.25, -0.2) is 24.5 Å². The van der Waals surface area contributed by atoms with E-state index in [1.54, 1.807) is 18.6 Å². The number of hydrogen-bond donors (Lipinski definition) is 3. The molecular formula is C19H15N5O4. The molecule has 0 radical (unpaired) electrons.